The Balaban J connectivity index is 1.37. The molecule has 0 aliphatic carbocycles. The fourth-order valence-electron chi connectivity index (χ4n) is 4.07. The predicted molar refractivity (Wildman–Crippen MR) is 117 cm³/mol. The maximum Gasteiger partial charge on any atom is 0.410 e. The molecule has 0 bridgehead atoms. The highest BCUT2D eigenvalue weighted by Crippen LogP contribution is 2.44. The molecule has 0 radical (unpaired) electrons. The van der Waals surface area contributed by atoms with Crippen LogP contribution in [0.1, 0.15) is 45.7 Å². The van der Waals surface area contributed by atoms with Gasteiger partial charge in [-0.15, -0.1) is 0 Å². The van der Waals surface area contributed by atoms with Crippen LogP contribution in [-0.4, -0.2) is 31.6 Å². The standard InChI is InChI=1S/C23H21F3N6O2/c1-14-5-2-3-6-15(14)13-31-9-8-20(30-31)29-22(33)16-12-27-32-19(23(24,25)26)11-17(28-21(16)32)18-7-4-10-34-18/h2-10,12,17,19,28H,11,13H2,1H3,(H,29,30,33)/t17-,19-/m1/s1. The van der Waals surface area contributed by atoms with Gasteiger partial charge in [0.25, 0.3) is 5.91 Å². The minimum atomic E-state index is -4.55. The molecule has 8 nitrogen and oxygen atoms in total. The number of benzene rings is 1. The van der Waals surface area contributed by atoms with Crippen molar-refractivity contribution in [3.05, 3.63) is 83.6 Å². The highest BCUT2D eigenvalue weighted by atomic mass is 19.4. The maximum absolute atomic E-state index is 13.8. The first-order valence-electron chi connectivity index (χ1n) is 10.6. The average Bonchev–Trinajstić information content (AvgIpc) is 3.55. The van der Waals surface area contributed by atoms with Crippen LogP contribution in [0.15, 0.2) is 65.5 Å². The maximum atomic E-state index is 13.8. The lowest BCUT2D eigenvalue weighted by atomic mass is 10.0. The zero-order valence-electron chi connectivity index (χ0n) is 18.1. The van der Waals surface area contributed by atoms with E-state index in [1.165, 1.54) is 6.26 Å². The van der Waals surface area contributed by atoms with Crippen molar-refractivity contribution in [3.63, 3.8) is 0 Å². The molecule has 1 aliphatic heterocycles. The lowest BCUT2D eigenvalue weighted by Gasteiger charge is -2.32. The van der Waals surface area contributed by atoms with Gasteiger partial charge in [0.05, 0.1) is 25.0 Å². The van der Waals surface area contributed by atoms with E-state index in [1.54, 1.807) is 29.1 Å². The zero-order chi connectivity index (χ0) is 23.9. The van der Waals surface area contributed by atoms with Crippen molar-refractivity contribution < 1.29 is 22.4 Å². The summed E-state index contributed by atoms with van der Waals surface area (Å²) in [7, 11) is 0. The number of hydrogen-bond acceptors (Lipinski definition) is 5. The SMILES string of the molecule is Cc1ccccc1Cn1ccc(NC(=O)c2cnn3c2N[C@@H](c2ccco2)C[C@@H]3C(F)(F)F)n1. The smallest absolute Gasteiger partial charge is 0.410 e. The Morgan fingerprint density at radius 1 is 1.24 bits per heavy atom. The fraction of sp³-hybridized carbons (Fsp3) is 0.261. The Morgan fingerprint density at radius 3 is 2.79 bits per heavy atom. The van der Waals surface area contributed by atoms with Crippen LogP contribution in [0.4, 0.5) is 24.8 Å². The number of aryl methyl sites for hydroxylation is 1. The zero-order valence-corrected chi connectivity index (χ0v) is 18.1. The van der Waals surface area contributed by atoms with Crippen molar-refractivity contribution >= 4 is 17.5 Å². The molecule has 11 heteroatoms. The van der Waals surface area contributed by atoms with Gasteiger partial charge in [-0.3, -0.25) is 9.48 Å². The molecule has 0 saturated carbocycles. The van der Waals surface area contributed by atoms with Gasteiger partial charge in [-0.1, -0.05) is 24.3 Å². The molecule has 5 rings (SSSR count). The van der Waals surface area contributed by atoms with E-state index in [2.05, 4.69) is 20.8 Å². The van der Waals surface area contributed by atoms with E-state index in [1.807, 2.05) is 31.2 Å². The summed E-state index contributed by atoms with van der Waals surface area (Å²) >= 11 is 0. The predicted octanol–water partition coefficient (Wildman–Crippen LogP) is 4.94. The van der Waals surface area contributed by atoms with Crippen LogP contribution in [0.25, 0.3) is 0 Å². The first-order valence-corrected chi connectivity index (χ1v) is 10.6. The number of carbonyl (C=O) groups is 1. The largest absolute Gasteiger partial charge is 0.467 e. The number of amides is 1. The van der Waals surface area contributed by atoms with E-state index in [9.17, 15) is 18.0 Å². The molecular weight excluding hydrogens is 449 g/mol. The van der Waals surface area contributed by atoms with Crippen LogP contribution in [0.5, 0.6) is 0 Å². The number of rotatable bonds is 5. The molecule has 0 spiro atoms. The van der Waals surface area contributed by atoms with E-state index in [-0.39, 0.29) is 23.6 Å². The number of carbonyl (C=O) groups excluding carboxylic acids is 1. The third kappa shape index (κ3) is 4.16. The van der Waals surface area contributed by atoms with Gasteiger partial charge in [-0.25, -0.2) is 4.68 Å². The van der Waals surface area contributed by atoms with Gasteiger partial charge in [-0.2, -0.15) is 23.4 Å². The van der Waals surface area contributed by atoms with Crippen LogP contribution in [0.2, 0.25) is 0 Å². The number of fused-ring (bicyclic) bond motifs is 1. The van der Waals surface area contributed by atoms with Crippen molar-refractivity contribution in [2.24, 2.45) is 0 Å². The van der Waals surface area contributed by atoms with Gasteiger partial charge in [0.1, 0.15) is 17.1 Å². The summed E-state index contributed by atoms with van der Waals surface area (Å²) in [6, 6.07) is 10.1. The average molecular weight is 470 g/mol. The molecule has 3 aromatic heterocycles. The van der Waals surface area contributed by atoms with Crippen LogP contribution in [0.3, 0.4) is 0 Å². The fourth-order valence-corrected chi connectivity index (χ4v) is 4.07. The lowest BCUT2D eigenvalue weighted by molar-refractivity contribution is -0.174. The number of furan rings is 1. The monoisotopic (exact) mass is 470 g/mol. The topological polar surface area (TPSA) is 89.9 Å². The highest BCUT2D eigenvalue weighted by Gasteiger charge is 2.47. The van der Waals surface area contributed by atoms with E-state index in [0.717, 1.165) is 22.0 Å². The van der Waals surface area contributed by atoms with Crippen LogP contribution >= 0.6 is 0 Å². The Morgan fingerprint density at radius 2 is 2.06 bits per heavy atom. The van der Waals surface area contributed by atoms with Crippen molar-refractivity contribution in [2.75, 3.05) is 10.6 Å². The summed E-state index contributed by atoms with van der Waals surface area (Å²) in [4.78, 5) is 13.0. The van der Waals surface area contributed by atoms with Crippen LogP contribution < -0.4 is 10.6 Å². The van der Waals surface area contributed by atoms with Crippen molar-refractivity contribution in [1.29, 1.82) is 0 Å². The third-order valence-electron chi connectivity index (χ3n) is 5.85. The van der Waals surface area contributed by atoms with Crippen LogP contribution in [0, 0.1) is 6.92 Å². The van der Waals surface area contributed by atoms with Gasteiger partial charge < -0.3 is 15.1 Å². The van der Waals surface area contributed by atoms with E-state index in [0.29, 0.717) is 12.3 Å². The second-order valence-electron chi connectivity index (χ2n) is 8.14. The Hall–Kier alpha value is -4.02. The van der Waals surface area contributed by atoms with E-state index < -0.39 is 24.2 Å². The Labute approximate surface area is 192 Å². The molecule has 1 aromatic carbocycles. The molecule has 0 fully saturated rings. The summed E-state index contributed by atoms with van der Waals surface area (Å²) in [5, 5.41) is 13.9. The number of aromatic nitrogens is 4. The minimum Gasteiger partial charge on any atom is -0.467 e. The second-order valence-corrected chi connectivity index (χ2v) is 8.14. The Bertz CT molecular complexity index is 1310. The summed E-state index contributed by atoms with van der Waals surface area (Å²) in [5.41, 5.74) is 2.19. The molecule has 1 aliphatic rings. The number of nitrogens with zero attached hydrogens (tertiary/aromatic N) is 4. The van der Waals surface area contributed by atoms with E-state index >= 15 is 0 Å². The molecule has 4 heterocycles. The molecule has 2 N–H and O–H groups in total. The molecule has 4 aromatic rings. The molecule has 0 unspecified atom stereocenters. The van der Waals surface area contributed by atoms with Gasteiger partial charge in [0.15, 0.2) is 11.9 Å². The van der Waals surface area contributed by atoms with Gasteiger partial charge in [-0.05, 0) is 30.2 Å². The first-order chi connectivity index (χ1) is 16.3. The van der Waals surface area contributed by atoms with Gasteiger partial charge in [0.2, 0.25) is 0 Å². The number of halogens is 3. The van der Waals surface area contributed by atoms with Crippen molar-refractivity contribution in [3.8, 4) is 0 Å². The van der Waals surface area contributed by atoms with Crippen LogP contribution in [-0.2, 0) is 6.54 Å². The number of nitrogens with one attached hydrogen (secondary N) is 2. The Kier molecular flexibility index (Phi) is 5.39. The molecule has 0 saturated heterocycles. The first kappa shape index (κ1) is 21.8. The summed E-state index contributed by atoms with van der Waals surface area (Å²) in [6.45, 7) is 2.52. The third-order valence-corrected chi connectivity index (χ3v) is 5.85. The summed E-state index contributed by atoms with van der Waals surface area (Å²) in [6.07, 6.45) is -0.607. The molecule has 1 amide bonds. The van der Waals surface area contributed by atoms with Gasteiger partial charge in [0, 0.05) is 18.7 Å². The quantitative estimate of drug-likeness (QED) is 0.431. The van der Waals surface area contributed by atoms with E-state index in [4.69, 9.17) is 4.42 Å². The second kappa shape index (κ2) is 8.40. The normalized spacial score (nSPS) is 17.8. The lowest BCUT2D eigenvalue weighted by Crippen LogP contribution is -2.36. The highest BCUT2D eigenvalue weighted by molar-refractivity contribution is 6.07. The van der Waals surface area contributed by atoms with Crippen molar-refractivity contribution in [2.45, 2.75) is 38.1 Å². The number of alkyl halides is 3. The number of anilines is 2. The minimum absolute atomic E-state index is 0.0149. The number of hydrogen-bond donors (Lipinski definition) is 2. The summed E-state index contributed by atoms with van der Waals surface area (Å²) < 4.78 is 49.1. The molecule has 2 atom stereocenters. The van der Waals surface area contributed by atoms with Crippen molar-refractivity contribution in [1.82, 2.24) is 19.6 Å². The van der Waals surface area contributed by atoms with Gasteiger partial charge >= 0.3 is 6.18 Å². The molecular formula is C23H21F3N6O2. The molecule has 34 heavy (non-hydrogen) atoms. The molecule has 176 valence electrons. The summed E-state index contributed by atoms with van der Waals surface area (Å²) in [5.74, 6) is -0.00460.